The van der Waals surface area contributed by atoms with E-state index in [2.05, 4.69) is 10.5 Å². The molecule has 0 aliphatic heterocycles. The van der Waals surface area contributed by atoms with Gasteiger partial charge in [0.05, 0.1) is 13.3 Å². The zero-order valence-corrected chi connectivity index (χ0v) is 13.9. The number of methoxy groups -OCH3 is 1. The SMILES string of the molecule is COc1ccc(CCNC(=O)C(C)O/N=C/c2ccccc2)cc1. The number of carbonyl (C=O) groups is 1. The molecule has 2 aromatic carbocycles. The number of benzene rings is 2. The van der Waals surface area contributed by atoms with Crippen LogP contribution in [0, 0.1) is 0 Å². The zero-order valence-electron chi connectivity index (χ0n) is 13.9. The van der Waals surface area contributed by atoms with Crippen LogP contribution in [0.5, 0.6) is 5.75 Å². The summed E-state index contributed by atoms with van der Waals surface area (Å²) < 4.78 is 5.11. The van der Waals surface area contributed by atoms with E-state index in [4.69, 9.17) is 9.57 Å². The summed E-state index contributed by atoms with van der Waals surface area (Å²) in [7, 11) is 1.64. The second-order valence-electron chi connectivity index (χ2n) is 5.28. The van der Waals surface area contributed by atoms with Crippen molar-refractivity contribution < 1.29 is 14.4 Å². The maximum atomic E-state index is 11.9. The second kappa shape index (κ2) is 9.35. The Hall–Kier alpha value is -2.82. The van der Waals surface area contributed by atoms with Crippen LogP contribution in [0.25, 0.3) is 0 Å². The van der Waals surface area contributed by atoms with Gasteiger partial charge >= 0.3 is 0 Å². The average Bonchev–Trinajstić information content (AvgIpc) is 2.63. The summed E-state index contributed by atoms with van der Waals surface area (Å²) in [6.07, 6.45) is 1.69. The van der Waals surface area contributed by atoms with Crippen LogP contribution >= 0.6 is 0 Å². The summed E-state index contributed by atoms with van der Waals surface area (Å²) in [5.41, 5.74) is 2.05. The van der Waals surface area contributed by atoms with Crippen molar-refractivity contribution in [1.82, 2.24) is 5.32 Å². The Bertz CT molecular complexity index is 654. The highest BCUT2D eigenvalue weighted by molar-refractivity contribution is 5.81. The van der Waals surface area contributed by atoms with Gasteiger partial charge in [-0.05, 0) is 36.6 Å². The van der Waals surface area contributed by atoms with Gasteiger partial charge in [-0.25, -0.2) is 0 Å². The van der Waals surface area contributed by atoms with Crippen LogP contribution in [0.2, 0.25) is 0 Å². The van der Waals surface area contributed by atoms with Crippen molar-refractivity contribution in [3.05, 3.63) is 65.7 Å². The molecular formula is C19H22N2O3. The summed E-state index contributed by atoms with van der Waals surface area (Å²) in [5.74, 6) is 0.634. The van der Waals surface area contributed by atoms with Gasteiger partial charge in [0.1, 0.15) is 5.75 Å². The molecule has 5 nitrogen and oxygen atoms in total. The highest BCUT2D eigenvalue weighted by atomic mass is 16.6. The summed E-state index contributed by atoms with van der Waals surface area (Å²) in [5, 5.41) is 6.69. The highest BCUT2D eigenvalue weighted by Gasteiger charge is 2.13. The Labute approximate surface area is 142 Å². The van der Waals surface area contributed by atoms with Gasteiger partial charge in [0.15, 0.2) is 0 Å². The minimum absolute atomic E-state index is 0.186. The second-order valence-corrected chi connectivity index (χ2v) is 5.28. The minimum atomic E-state index is -0.638. The number of nitrogens with one attached hydrogen (secondary N) is 1. The molecular weight excluding hydrogens is 304 g/mol. The van der Waals surface area contributed by atoms with Crippen molar-refractivity contribution in [2.24, 2.45) is 5.16 Å². The Morgan fingerprint density at radius 3 is 2.54 bits per heavy atom. The van der Waals surface area contributed by atoms with E-state index in [1.165, 1.54) is 0 Å². The molecule has 5 heteroatoms. The van der Waals surface area contributed by atoms with E-state index in [0.29, 0.717) is 6.54 Å². The average molecular weight is 326 g/mol. The summed E-state index contributed by atoms with van der Waals surface area (Å²) in [6.45, 7) is 2.21. The van der Waals surface area contributed by atoms with Crippen molar-refractivity contribution in [1.29, 1.82) is 0 Å². The van der Waals surface area contributed by atoms with Gasteiger partial charge in [-0.1, -0.05) is 47.6 Å². The van der Waals surface area contributed by atoms with E-state index in [0.717, 1.165) is 23.3 Å². The monoisotopic (exact) mass is 326 g/mol. The minimum Gasteiger partial charge on any atom is -0.497 e. The zero-order chi connectivity index (χ0) is 17.2. The molecule has 0 saturated heterocycles. The van der Waals surface area contributed by atoms with E-state index in [1.54, 1.807) is 20.2 Å². The molecule has 126 valence electrons. The quantitative estimate of drug-likeness (QED) is 0.599. The molecule has 0 saturated carbocycles. The number of nitrogens with zero attached hydrogens (tertiary/aromatic N) is 1. The molecule has 0 spiro atoms. The van der Waals surface area contributed by atoms with Gasteiger partial charge in [0, 0.05) is 6.54 Å². The third-order valence-corrected chi connectivity index (χ3v) is 3.46. The lowest BCUT2D eigenvalue weighted by Gasteiger charge is -2.10. The van der Waals surface area contributed by atoms with E-state index in [1.807, 2.05) is 54.6 Å². The highest BCUT2D eigenvalue weighted by Crippen LogP contribution is 2.11. The number of carbonyl (C=O) groups excluding carboxylic acids is 1. The lowest BCUT2D eigenvalue weighted by atomic mass is 10.1. The van der Waals surface area contributed by atoms with Gasteiger partial charge < -0.3 is 14.9 Å². The van der Waals surface area contributed by atoms with Crippen LogP contribution in [-0.4, -0.2) is 31.9 Å². The van der Waals surface area contributed by atoms with E-state index in [-0.39, 0.29) is 5.91 Å². The molecule has 0 heterocycles. The molecule has 0 aliphatic rings. The third-order valence-electron chi connectivity index (χ3n) is 3.46. The predicted octanol–water partition coefficient (Wildman–Crippen LogP) is 2.79. The van der Waals surface area contributed by atoms with Crippen LogP contribution in [0.1, 0.15) is 18.1 Å². The first kappa shape index (κ1) is 17.5. The molecule has 0 aliphatic carbocycles. The summed E-state index contributed by atoms with van der Waals surface area (Å²) in [4.78, 5) is 17.1. The van der Waals surface area contributed by atoms with E-state index >= 15 is 0 Å². The van der Waals surface area contributed by atoms with Crippen molar-refractivity contribution in [2.75, 3.05) is 13.7 Å². The molecule has 0 radical (unpaired) electrons. The smallest absolute Gasteiger partial charge is 0.263 e. The first-order valence-electron chi connectivity index (χ1n) is 7.84. The molecule has 0 fully saturated rings. The summed E-state index contributed by atoms with van der Waals surface area (Å²) >= 11 is 0. The standard InChI is InChI=1S/C19H22N2O3/c1-15(24-21-14-17-6-4-3-5-7-17)19(22)20-13-12-16-8-10-18(23-2)11-9-16/h3-11,14-15H,12-13H2,1-2H3,(H,20,22)/b21-14+. The molecule has 1 N–H and O–H groups in total. The van der Waals surface area contributed by atoms with Gasteiger partial charge in [0.2, 0.25) is 6.10 Å². The van der Waals surface area contributed by atoms with Gasteiger partial charge in [0.25, 0.3) is 5.91 Å². The summed E-state index contributed by atoms with van der Waals surface area (Å²) in [6, 6.07) is 17.3. The lowest BCUT2D eigenvalue weighted by Crippen LogP contribution is -2.34. The number of hydrogen-bond donors (Lipinski definition) is 1. The molecule has 0 bridgehead atoms. The fourth-order valence-corrected chi connectivity index (χ4v) is 2.04. The van der Waals surface area contributed by atoms with Crippen LogP contribution in [0.4, 0.5) is 0 Å². The topological polar surface area (TPSA) is 59.9 Å². The lowest BCUT2D eigenvalue weighted by molar-refractivity contribution is -0.131. The first-order chi connectivity index (χ1) is 11.7. The number of ether oxygens (including phenoxy) is 1. The molecule has 1 unspecified atom stereocenters. The maximum Gasteiger partial charge on any atom is 0.263 e. The fraction of sp³-hybridized carbons (Fsp3) is 0.263. The molecule has 24 heavy (non-hydrogen) atoms. The Kier molecular flexibility index (Phi) is 6.83. The van der Waals surface area contributed by atoms with Gasteiger partial charge in [-0.15, -0.1) is 0 Å². The van der Waals surface area contributed by atoms with Crippen molar-refractivity contribution >= 4 is 12.1 Å². The van der Waals surface area contributed by atoms with Crippen molar-refractivity contribution in [3.63, 3.8) is 0 Å². The molecule has 1 atom stereocenters. The molecule has 1 amide bonds. The van der Waals surface area contributed by atoms with Crippen LogP contribution in [-0.2, 0) is 16.1 Å². The van der Waals surface area contributed by atoms with Crippen LogP contribution < -0.4 is 10.1 Å². The van der Waals surface area contributed by atoms with Crippen molar-refractivity contribution in [3.8, 4) is 5.75 Å². The van der Waals surface area contributed by atoms with Gasteiger partial charge in [-0.3, -0.25) is 4.79 Å². The Morgan fingerprint density at radius 2 is 1.88 bits per heavy atom. The Balaban J connectivity index is 1.70. The molecule has 0 aromatic heterocycles. The number of oxime groups is 1. The Morgan fingerprint density at radius 1 is 1.17 bits per heavy atom. The van der Waals surface area contributed by atoms with Crippen LogP contribution in [0.3, 0.4) is 0 Å². The predicted molar refractivity (Wildman–Crippen MR) is 94.3 cm³/mol. The number of hydrogen-bond acceptors (Lipinski definition) is 4. The first-order valence-corrected chi connectivity index (χ1v) is 7.84. The molecule has 2 rings (SSSR count). The third kappa shape index (κ3) is 5.76. The van der Waals surface area contributed by atoms with E-state index in [9.17, 15) is 4.79 Å². The molecule has 2 aromatic rings. The normalized spacial score (nSPS) is 11.9. The number of amides is 1. The van der Waals surface area contributed by atoms with E-state index < -0.39 is 6.10 Å². The fourth-order valence-electron chi connectivity index (χ4n) is 2.04. The largest absolute Gasteiger partial charge is 0.497 e. The van der Waals surface area contributed by atoms with Crippen LogP contribution in [0.15, 0.2) is 59.8 Å². The van der Waals surface area contributed by atoms with Gasteiger partial charge in [-0.2, -0.15) is 0 Å². The maximum absolute atomic E-state index is 11.9. The van der Waals surface area contributed by atoms with Crippen molar-refractivity contribution in [2.45, 2.75) is 19.4 Å². The number of rotatable bonds is 8.